The van der Waals surface area contributed by atoms with Crippen LogP contribution >= 0.6 is 22.6 Å². The molecule has 2 rings (SSSR count). The third-order valence-corrected chi connectivity index (χ3v) is 6.36. The fourth-order valence-electron chi connectivity index (χ4n) is 2.41. The summed E-state index contributed by atoms with van der Waals surface area (Å²) in [5, 5.41) is 1.44. The zero-order chi connectivity index (χ0) is 14.0. The predicted octanol–water partition coefficient (Wildman–Crippen LogP) is 3.01. The largest absolute Gasteiger partial charge is 0.382 e. The molecule has 0 aromatic heterocycles. The third kappa shape index (κ3) is 3.63. The Balaban J connectivity index is 2.23. The summed E-state index contributed by atoms with van der Waals surface area (Å²) in [7, 11) is 0.338. The van der Waals surface area contributed by atoms with Crippen molar-refractivity contribution in [3.8, 4) is 0 Å². The average Bonchev–Trinajstić information content (AvgIpc) is 2.72. The van der Waals surface area contributed by atoms with Gasteiger partial charge < -0.3 is 14.2 Å². The smallest absolute Gasteiger partial charge is 0.162 e. The molecule has 0 aliphatic carbocycles. The summed E-state index contributed by atoms with van der Waals surface area (Å²) >= 11 is 2.38. The molecule has 2 atom stereocenters. The second kappa shape index (κ2) is 6.30. The molecule has 19 heavy (non-hydrogen) atoms. The van der Waals surface area contributed by atoms with Crippen LogP contribution in [0.25, 0.3) is 0 Å². The molecular formula is C14H22IO3Si-. The molecule has 0 saturated carbocycles. The minimum absolute atomic E-state index is 0.143. The zero-order valence-corrected chi connectivity index (χ0v) is 15.2. The van der Waals surface area contributed by atoms with Crippen molar-refractivity contribution in [2.45, 2.75) is 38.5 Å². The summed E-state index contributed by atoms with van der Waals surface area (Å²) in [5.74, 6) is 0. The van der Waals surface area contributed by atoms with E-state index in [0.717, 1.165) is 13.0 Å². The quantitative estimate of drug-likeness (QED) is 0.447. The molecule has 3 nitrogen and oxygen atoms in total. The highest BCUT2D eigenvalue weighted by Crippen LogP contribution is 2.30. The Kier molecular flexibility index (Phi) is 5.16. The van der Waals surface area contributed by atoms with Crippen molar-refractivity contribution in [1.29, 1.82) is 0 Å². The van der Waals surface area contributed by atoms with Gasteiger partial charge in [0.1, 0.15) is 0 Å². The van der Waals surface area contributed by atoms with E-state index < -0.39 is 8.07 Å². The van der Waals surface area contributed by atoms with Crippen LogP contribution < -0.4 is 5.19 Å². The number of hydrogen-bond donors (Lipinski definition) is 0. The minimum Gasteiger partial charge on any atom is -0.382 e. The molecule has 5 heteroatoms. The van der Waals surface area contributed by atoms with Crippen molar-refractivity contribution in [2.75, 3.05) is 20.3 Å². The molecule has 1 aliphatic rings. The van der Waals surface area contributed by atoms with Crippen molar-refractivity contribution in [3.63, 3.8) is 0 Å². The third-order valence-electron chi connectivity index (χ3n) is 3.37. The lowest BCUT2D eigenvalue weighted by Gasteiger charge is -2.36. The Hall–Kier alpha value is 0.177. The average molecular weight is 393 g/mol. The van der Waals surface area contributed by atoms with E-state index in [1.807, 2.05) is 0 Å². The number of ether oxygens (including phenoxy) is 3. The molecule has 0 amide bonds. The lowest BCUT2D eigenvalue weighted by Crippen LogP contribution is -2.42. The van der Waals surface area contributed by atoms with Gasteiger partial charge in [0.25, 0.3) is 0 Å². The highest BCUT2D eigenvalue weighted by molar-refractivity contribution is 14.1. The van der Waals surface area contributed by atoms with Gasteiger partial charge in [-0.15, -0.1) is 22.6 Å². The van der Waals surface area contributed by atoms with Gasteiger partial charge in [0.05, 0.1) is 19.3 Å². The molecule has 1 aromatic rings. The summed E-state index contributed by atoms with van der Waals surface area (Å²) in [6, 6.07) is 4.42. The highest BCUT2D eigenvalue weighted by atomic mass is 127. The first kappa shape index (κ1) is 15.6. The van der Waals surface area contributed by atoms with Gasteiger partial charge >= 0.3 is 0 Å². The van der Waals surface area contributed by atoms with Gasteiger partial charge in [-0.05, 0) is 6.42 Å². The van der Waals surface area contributed by atoms with Crippen LogP contribution in [0, 0.1) is 3.57 Å². The summed E-state index contributed by atoms with van der Waals surface area (Å²) in [6.07, 6.45) is 0.825. The monoisotopic (exact) mass is 393 g/mol. The van der Waals surface area contributed by atoms with Gasteiger partial charge in [-0.25, -0.2) is 6.07 Å². The lowest BCUT2D eigenvalue weighted by atomic mass is 10.2. The Morgan fingerprint density at radius 3 is 2.84 bits per heavy atom. The summed E-state index contributed by atoms with van der Waals surface area (Å²) < 4.78 is 18.4. The molecule has 1 aromatic carbocycles. The maximum atomic E-state index is 6.06. The number of hydrogen-bond acceptors (Lipinski definition) is 3. The molecule has 108 valence electrons. The van der Waals surface area contributed by atoms with Gasteiger partial charge in [-0.1, -0.05) is 28.8 Å². The number of halogens is 1. The molecule has 0 bridgehead atoms. The van der Waals surface area contributed by atoms with E-state index in [0.29, 0.717) is 6.61 Å². The second-order valence-electron chi connectivity index (χ2n) is 5.96. The van der Waals surface area contributed by atoms with Gasteiger partial charge in [-0.2, -0.15) is 11.3 Å². The maximum Gasteiger partial charge on any atom is 0.162 e. The van der Waals surface area contributed by atoms with E-state index in [9.17, 15) is 0 Å². The van der Waals surface area contributed by atoms with E-state index in [1.54, 1.807) is 7.11 Å². The van der Waals surface area contributed by atoms with Crippen molar-refractivity contribution < 1.29 is 14.2 Å². The number of methoxy groups -OCH3 is 1. The lowest BCUT2D eigenvalue weighted by molar-refractivity contribution is -0.225. The molecular weight excluding hydrogens is 371 g/mol. The van der Waals surface area contributed by atoms with Gasteiger partial charge in [0.2, 0.25) is 0 Å². The van der Waals surface area contributed by atoms with Gasteiger partial charge in [0, 0.05) is 15.2 Å². The molecule has 0 spiro atoms. The summed E-state index contributed by atoms with van der Waals surface area (Å²) in [4.78, 5) is 0. The molecule has 1 aliphatic heterocycles. The molecule has 1 heterocycles. The van der Waals surface area contributed by atoms with Crippen LogP contribution in [0.3, 0.4) is 0 Å². The van der Waals surface area contributed by atoms with Gasteiger partial charge in [0.15, 0.2) is 6.29 Å². The Morgan fingerprint density at radius 2 is 2.21 bits per heavy atom. The van der Waals surface area contributed by atoms with E-state index in [-0.39, 0.29) is 12.4 Å². The highest BCUT2D eigenvalue weighted by Gasteiger charge is 2.27. The summed E-state index contributed by atoms with van der Waals surface area (Å²) in [6.45, 7) is 8.46. The topological polar surface area (TPSA) is 27.7 Å². The fraction of sp³-hybridized carbons (Fsp3) is 0.643. The first-order chi connectivity index (χ1) is 8.93. The molecule has 0 unspecified atom stereocenters. The van der Waals surface area contributed by atoms with Crippen LogP contribution in [0.4, 0.5) is 0 Å². The summed E-state index contributed by atoms with van der Waals surface area (Å²) in [5.41, 5.74) is 1.25. The predicted molar refractivity (Wildman–Crippen MR) is 87.8 cm³/mol. The van der Waals surface area contributed by atoms with Crippen molar-refractivity contribution in [3.05, 3.63) is 21.3 Å². The van der Waals surface area contributed by atoms with Crippen molar-refractivity contribution in [1.82, 2.24) is 0 Å². The molecule has 1 fully saturated rings. The standard InChI is InChI=1S/C14H22IO3Si/c1-16-9-10-7-8-17-14(18-10)13-11(15)5-6-12(13)19(2,3)4/h5-6,10,14H,7-9H2,1-4H3/q-1/t10-,14-/m0/s1. The fourth-order valence-corrected chi connectivity index (χ4v) is 5.03. The van der Waals surface area contributed by atoms with Gasteiger partial charge in [-0.3, -0.25) is 0 Å². The van der Waals surface area contributed by atoms with E-state index >= 15 is 0 Å². The SMILES string of the molecule is COC[C@@H]1CCO[C@H](c2c([Si](C)(C)C)cc[c-]2I)O1. The molecule has 1 saturated heterocycles. The van der Waals surface area contributed by atoms with E-state index in [1.165, 1.54) is 14.3 Å². The van der Waals surface area contributed by atoms with Crippen LogP contribution in [-0.2, 0) is 14.2 Å². The second-order valence-corrected chi connectivity index (χ2v) is 12.2. The molecule has 0 radical (unpaired) electrons. The van der Waals surface area contributed by atoms with Crippen LogP contribution in [0.2, 0.25) is 19.6 Å². The number of rotatable bonds is 4. The zero-order valence-electron chi connectivity index (χ0n) is 12.0. The van der Waals surface area contributed by atoms with Crippen LogP contribution in [0.15, 0.2) is 12.1 Å². The molecule has 0 N–H and O–H groups in total. The Labute approximate surface area is 130 Å². The van der Waals surface area contributed by atoms with Crippen molar-refractivity contribution >= 4 is 35.9 Å². The normalized spacial score (nSPS) is 24.7. The Bertz CT molecular complexity index is 423. The maximum absolute atomic E-state index is 6.06. The minimum atomic E-state index is -1.38. The van der Waals surface area contributed by atoms with E-state index in [2.05, 4.69) is 54.4 Å². The first-order valence-corrected chi connectivity index (χ1v) is 11.2. The van der Waals surface area contributed by atoms with Crippen LogP contribution in [0.1, 0.15) is 18.3 Å². The van der Waals surface area contributed by atoms with Crippen molar-refractivity contribution in [2.24, 2.45) is 0 Å². The van der Waals surface area contributed by atoms with E-state index in [4.69, 9.17) is 14.2 Å². The Morgan fingerprint density at radius 1 is 1.47 bits per heavy atom. The van der Waals surface area contributed by atoms with Crippen LogP contribution in [0.5, 0.6) is 0 Å². The van der Waals surface area contributed by atoms with Crippen LogP contribution in [-0.4, -0.2) is 34.5 Å². The first-order valence-electron chi connectivity index (χ1n) is 6.65.